The third-order valence-electron chi connectivity index (χ3n) is 5.08. The second-order valence-corrected chi connectivity index (χ2v) is 7.59. The molecule has 0 radical (unpaired) electrons. The van der Waals surface area contributed by atoms with Gasteiger partial charge in [0.25, 0.3) is 0 Å². The van der Waals surface area contributed by atoms with Crippen LogP contribution >= 0.6 is 24.0 Å². The number of nitrogens with zero attached hydrogens (tertiary/aromatic N) is 5. The van der Waals surface area contributed by atoms with E-state index in [0.717, 1.165) is 43.0 Å². The summed E-state index contributed by atoms with van der Waals surface area (Å²) >= 11 is 0. The highest BCUT2D eigenvalue weighted by Crippen LogP contribution is 2.14. The van der Waals surface area contributed by atoms with Gasteiger partial charge in [-0.25, -0.2) is 14.7 Å². The van der Waals surface area contributed by atoms with Crippen LogP contribution in [0.4, 0.5) is 0 Å². The van der Waals surface area contributed by atoms with Gasteiger partial charge in [-0.3, -0.25) is 4.79 Å². The molecule has 0 bridgehead atoms. The molecular weight excluding hydrogens is 493 g/mol. The van der Waals surface area contributed by atoms with Crippen molar-refractivity contribution in [3.63, 3.8) is 0 Å². The van der Waals surface area contributed by atoms with Crippen molar-refractivity contribution in [1.82, 2.24) is 30.3 Å². The summed E-state index contributed by atoms with van der Waals surface area (Å²) in [6.07, 6.45) is 2.67. The highest BCUT2D eigenvalue weighted by atomic mass is 127. The quantitative estimate of drug-likeness (QED) is 0.343. The third-order valence-corrected chi connectivity index (χ3v) is 5.08. The Morgan fingerprint density at radius 2 is 2.07 bits per heavy atom. The molecule has 8 nitrogen and oxygen atoms in total. The van der Waals surface area contributed by atoms with E-state index >= 15 is 0 Å². The molecule has 30 heavy (non-hydrogen) atoms. The smallest absolute Gasteiger partial charge is 0.243 e. The number of halogens is 1. The summed E-state index contributed by atoms with van der Waals surface area (Å²) < 4.78 is 1.99. The van der Waals surface area contributed by atoms with Gasteiger partial charge in [0.05, 0.1) is 12.6 Å². The first-order valence-electron chi connectivity index (χ1n) is 10.2. The standard InChI is InChI=1S/C21H31N7O.HI/c1-5-18-25-19-12-11-17(14-28(19)26-18)24-21(22-13-20(29)27(3)4)23-15(2)16-9-7-6-8-10-16;/h6-10,15,17H,5,11-14H2,1-4H3,(H2,22,23,24);1H. The highest BCUT2D eigenvalue weighted by Gasteiger charge is 2.23. The largest absolute Gasteiger partial charge is 0.352 e. The number of hydrogen-bond acceptors (Lipinski definition) is 4. The summed E-state index contributed by atoms with van der Waals surface area (Å²) in [4.78, 5) is 22.7. The zero-order valence-electron chi connectivity index (χ0n) is 18.1. The second kappa shape index (κ2) is 11.3. The van der Waals surface area contributed by atoms with Crippen LogP contribution in [0.15, 0.2) is 35.3 Å². The SMILES string of the molecule is CCc1nc2n(n1)CC(NC(=NCC(=O)N(C)C)NC(C)c1ccccc1)CC2.I. The maximum Gasteiger partial charge on any atom is 0.243 e. The number of fused-ring (bicyclic) bond motifs is 1. The fraction of sp³-hybridized carbons (Fsp3) is 0.524. The van der Waals surface area contributed by atoms with Crippen molar-refractivity contribution in [2.24, 2.45) is 4.99 Å². The number of aromatic nitrogens is 3. The molecule has 1 aliphatic rings. The maximum atomic E-state index is 12.0. The minimum absolute atomic E-state index is 0. The van der Waals surface area contributed by atoms with E-state index in [2.05, 4.69) is 51.7 Å². The Kier molecular flexibility index (Phi) is 9.07. The predicted octanol–water partition coefficient (Wildman–Crippen LogP) is 2.16. The second-order valence-electron chi connectivity index (χ2n) is 7.59. The molecule has 2 aromatic rings. The number of aliphatic imine (C=N–C) groups is 1. The first-order chi connectivity index (χ1) is 14.0. The van der Waals surface area contributed by atoms with Crippen molar-refractivity contribution in [3.8, 4) is 0 Å². The Morgan fingerprint density at radius 3 is 2.73 bits per heavy atom. The number of carbonyl (C=O) groups excluding carboxylic acids is 1. The lowest BCUT2D eigenvalue weighted by molar-refractivity contribution is -0.127. The van der Waals surface area contributed by atoms with Crippen molar-refractivity contribution in [2.45, 2.75) is 51.7 Å². The minimum atomic E-state index is -0.0340. The van der Waals surface area contributed by atoms with Crippen molar-refractivity contribution >= 4 is 35.8 Å². The number of rotatable bonds is 6. The number of nitrogens with one attached hydrogen (secondary N) is 2. The molecular formula is C21H32IN7O. The molecule has 0 saturated heterocycles. The number of likely N-dealkylation sites (N-methyl/N-ethyl adjacent to an activating group) is 1. The van der Waals surface area contributed by atoms with E-state index in [9.17, 15) is 4.79 Å². The van der Waals surface area contributed by atoms with Gasteiger partial charge >= 0.3 is 0 Å². The lowest BCUT2D eigenvalue weighted by atomic mass is 10.1. The van der Waals surface area contributed by atoms with Gasteiger partial charge < -0.3 is 15.5 Å². The van der Waals surface area contributed by atoms with E-state index in [0.29, 0.717) is 5.96 Å². The molecule has 0 saturated carbocycles. The molecule has 3 rings (SSSR count). The van der Waals surface area contributed by atoms with Crippen LogP contribution < -0.4 is 10.6 Å². The van der Waals surface area contributed by atoms with Crippen LogP contribution in [0.1, 0.15) is 43.5 Å². The van der Waals surface area contributed by atoms with Crippen molar-refractivity contribution < 1.29 is 4.79 Å². The molecule has 0 fully saturated rings. The number of benzene rings is 1. The van der Waals surface area contributed by atoms with Crippen LogP contribution in [-0.4, -0.2) is 58.2 Å². The fourth-order valence-corrected chi connectivity index (χ4v) is 3.27. The van der Waals surface area contributed by atoms with E-state index in [4.69, 9.17) is 0 Å². The van der Waals surface area contributed by atoms with Gasteiger partial charge in [0.1, 0.15) is 12.4 Å². The molecule has 1 aliphatic heterocycles. The maximum absolute atomic E-state index is 12.0. The Labute approximate surface area is 195 Å². The van der Waals surface area contributed by atoms with Crippen molar-refractivity contribution in [2.75, 3.05) is 20.6 Å². The molecule has 1 amide bonds. The fourth-order valence-electron chi connectivity index (χ4n) is 3.27. The molecule has 0 aliphatic carbocycles. The molecule has 1 aromatic heterocycles. The molecule has 164 valence electrons. The third kappa shape index (κ3) is 6.41. The molecule has 2 N–H and O–H groups in total. The van der Waals surface area contributed by atoms with Crippen LogP contribution in [0.2, 0.25) is 0 Å². The van der Waals surface area contributed by atoms with Crippen LogP contribution in [-0.2, 0) is 24.2 Å². The Balaban J connectivity index is 0.00000320. The van der Waals surface area contributed by atoms with Crippen LogP contribution in [0.25, 0.3) is 0 Å². The zero-order valence-corrected chi connectivity index (χ0v) is 20.5. The van der Waals surface area contributed by atoms with E-state index in [1.54, 1.807) is 19.0 Å². The number of hydrogen-bond donors (Lipinski definition) is 2. The average Bonchev–Trinajstić information content (AvgIpc) is 3.14. The van der Waals surface area contributed by atoms with E-state index < -0.39 is 0 Å². The van der Waals surface area contributed by atoms with Gasteiger partial charge in [-0.2, -0.15) is 5.10 Å². The topological polar surface area (TPSA) is 87.4 Å². The molecule has 2 unspecified atom stereocenters. The monoisotopic (exact) mass is 525 g/mol. The van der Waals surface area contributed by atoms with Gasteiger partial charge in [0, 0.05) is 33.0 Å². The molecule has 9 heteroatoms. The number of guanidine groups is 1. The lowest BCUT2D eigenvalue weighted by Gasteiger charge is -2.27. The first-order valence-corrected chi connectivity index (χ1v) is 10.2. The summed E-state index contributed by atoms with van der Waals surface area (Å²) in [5.74, 6) is 2.54. The van der Waals surface area contributed by atoms with E-state index in [1.165, 1.54) is 0 Å². The van der Waals surface area contributed by atoms with Crippen LogP contribution in [0.5, 0.6) is 0 Å². The van der Waals surface area contributed by atoms with E-state index in [-0.39, 0.29) is 48.5 Å². The Hall–Kier alpha value is -2.17. The summed E-state index contributed by atoms with van der Waals surface area (Å²) in [7, 11) is 3.48. The average molecular weight is 525 g/mol. The highest BCUT2D eigenvalue weighted by molar-refractivity contribution is 14.0. The van der Waals surface area contributed by atoms with Gasteiger partial charge in [-0.1, -0.05) is 37.3 Å². The normalized spacial score (nSPS) is 16.8. The molecule has 2 atom stereocenters. The number of carbonyl (C=O) groups is 1. The van der Waals surface area contributed by atoms with Crippen molar-refractivity contribution in [1.29, 1.82) is 0 Å². The Bertz CT molecular complexity index is 850. The zero-order chi connectivity index (χ0) is 20.8. The van der Waals surface area contributed by atoms with Crippen LogP contribution in [0, 0.1) is 0 Å². The van der Waals surface area contributed by atoms with Gasteiger partial charge in [-0.05, 0) is 18.9 Å². The minimum Gasteiger partial charge on any atom is -0.352 e. The molecule has 2 heterocycles. The van der Waals surface area contributed by atoms with E-state index in [1.807, 2.05) is 22.9 Å². The first kappa shape index (κ1) is 24.1. The van der Waals surface area contributed by atoms with Gasteiger partial charge in [0.15, 0.2) is 11.8 Å². The summed E-state index contributed by atoms with van der Waals surface area (Å²) in [6, 6.07) is 10.4. The summed E-state index contributed by atoms with van der Waals surface area (Å²) in [6.45, 7) is 5.00. The van der Waals surface area contributed by atoms with Crippen LogP contribution in [0.3, 0.4) is 0 Å². The molecule has 0 spiro atoms. The van der Waals surface area contributed by atoms with Crippen molar-refractivity contribution in [3.05, 3.63) is 47.5 Å². The predicted molar refractivity (Wildman–Crippen MR) is 129 cm³/mol. The van der Waals surface area contributed by atoms with Gasteiger partial charge in [-0.15, -0.1) is 24.0 Å². The van der Waals surface area contributed by atoms with Gasteiger partial charge in [0.2, 0.25) is 5.91 Å². The Morgan fingerprint density at radius 1 is 1.33 bits per heavy atom. The summed E-state index contributed by atoms with van der Waals surface area (Å²) in [5, 5.41) is 11.5. The lowest BCUT2D eigenvalue weighted by Crippen LogP contribution is -2.48. The number of aryl methyl sites for hydroxylation is 2. The summed E-state index contributed by atoms with van der Waals surface area (Å²) in [5.41, 5.74) is 1.16. The molecule has 1 aromatic carbocycles. The number of amides is 1.